The zero-order valence-electron chi connectivity index (χ0n) is 11.6. The van der Waals surface area contributed by atoms with Crippen molar-refractivity contribution in [3.8, 4) is 0 Å². The molecule has 19 heavy (non-hydrogen) atoms. The number of hydrogen-bond acceptors (Lipinski definition) is 1. The van der Waals surface area contributed by atoms with Gasteiger partial charge >= 0.3 is 0 Å². The zero-order chi connectivity index (χ0) is 13.2. The predicted molar refractivity (Wildman–Crippen MR) is 81.3 cm³/mol. The van der Waals surface area contributed by atoms with Crippen LogP contribution in [0, 0.1) is 5.92 Å². The Hall–Kier alpha value is -1.89. The molecule has 0 spiro atoms. The van der Waals surface area contributed by atoms with E-state index >= 15 is 0 Å². The van der Waals surface area contributed by atoms with E-state index in [1.54, 1.807) is 0 Å². The summed E-state index contributed by atoms with van der Waals surface area (Å²) in [5, 5.41) is 0. The van der Waals surface area contributed by atoms with Gasteiger partial charge in [-0.15, -0.1) is 0 Å². The summed E-state index contributed by atoms with van der Waals surface area (Å²) in [7, 11) is 0. The van der Waals surface area contributed by atoms with Crippen molar-refractivity contribution in [3.05, 3.63) is 65.2 Å². The minimum Gasteiger partial charge on any atom is -0.252 e. The van der Waals surface area contributed by atoms with Crippen molar-refractivity contribution in [1.29, 1.82) is 0 Å². The summed E-state index contributed by atoms with van der Waals surface area (Å²) in [5.74, 6) is 0.707. The predicted octanol–water partition coefficient (Wildman–Crippen LogP) is 4.56. The topological polar surface area (TPSA) is 12.4 Å². The molecule has 0 atom stereocenters. The Labute approximate surface area is 115 Å². The smallest absolute Gasteiger partial charge is 0.0669 e. The lowest BCUT2D eigenvalue weighted by molar-refractivity contribution is 0.647. The van der Waals surface area contributed by atoms with E-state index in [1.807, 2.05) is 0 Å². The van der Waals surface area contributed by atoms with Crippen LogP contribution in [0.4, 0.5) is 5.69 Å². The van der Waals surface area contributed by atoms with E-state index in [2.05, 4.69) is 62.4 Å². The first-order chi connectivity index (χ1) is 9.22. The van der Waals surface area contributed by atoms with Gasteiger partial charge in [-0.05, 0) is 35.1 Å². The van der Waals surface area contributed by atoms with Crippen molar-refractivity contribution >= 4 is 11.4 Å². The highest BCUT2D eigenvalue weighted by Crippen LogP contribution is 2.28. The van der Waals surface area contributed by atoms with Gasteiger partial charge in [-0.2, -0.15) is 0 Å². The highest BCUT2D eigenvalue weighted by molar-refractivity contribution is 6.06. The van der Waals surface area contributed by atoms with Crippen LogP contribution >= 0.6 is 0 Å². The molecule has 1 nitrogen and oxygen atoms in total. The van der Waals surface area contributed by atoms with Gasteiger partial charge < -0.3 is 0 Å². The standard InChI is InChI=1S/C18H19N/c1-13(2)11-14-7-9-15(10-8-14)18-12-16-5-3-4-6-17(16)19-18/h3-10,13H,11-12H2,1-2H3. The van der Waals surface area contributed by atoms with Gasteiger partial charge in [-0.25, -0.2) is 0 Å². The molecule has 1 aliphatic heterocycles. The van der Waals surface area contributed by atoms with E-state index in [1.165, 1.54) is 22.4 Å². The van der Waals surface area contributed by atoms with Crippen molar-refractivity contribution in [2.24, 2.45) is 10.9 Å². The molecule has 0 unspecified atom stereocenters. The molecule has 0 amide bonds. The van der Waals surface area contributed by atoms with Crippen molar-refractivity contribution < 1.29 is 0 Å². The molecule has 0 radical (unpaired) electrons. The molecule has 0 aromatic heterocycles. The SMILES string of the molecule is CC(C)Cc1ccc(C2=Nc3ccccc3C2)cc1. The van der Waals surface area contributed by atoms with Gasteiger partial charge in [-0.1, -0.05) is 56.3 Å². The molecule has 1 heteroatoms. The molecule has 0 saturated carbocycles. The number of benzene rings is 2. The van der Waals surface area contributed by atoms with Crippen molar-refractivity contribution in [3.63, 3.8) is 0 Å². The third kappa shape index (κ3) is 2.60. The number of para-hydroxylation sites is 1. The van der Waals surface area contributed by atoms with E-state index in [9.17, 15) is 0 Å². The Bertz CT molecular complexity index is 606. The van der Waals surface area contributed by atoms with Crippen molar-refractivity contribution in [1.82, 2.24) is 0 Å². The van der Waals surface area contributed by atoms with Gasteiger partial charge in [0, 0.05) is 6.42 Å². The van der Waals surface area contributed by atoms with Crippen LogP contribution in [0.5, 0.6) is 0 Å². The largest absolute Gasteiger partial charge is 0.252 e. The number of aliphatic imine (C=N–C) groups is 1. The fraction of sp³-hybridized carbons (Fsp3) is 0.278. The minimum atomic E-state index is 0.707. The molecule has 1 aliphatic rings. The molecular formula is C18H19N. The van der Waals surface area contributed by atoms with Crippen molar-refractivity contribution in [2.45, 2.75) is 26.7 Å². The van der Waals surface area contributed by atoms with Crippen molar-refractivity contribution in [2.75, 3.05) is 0 Å². The van der Waals surface area contributed by atoms with Crippen LogP contribution in [0.1, 0.15) is 30.5 Å². The summed E-state index contributed by atoms with van der Waals surface area (Å²) in [6.45, 7) is 4.51. The van der Waals surface area contributed by atoms with Gasteiger partial charge in [0.2, 0.25) is 0 Å². The van der Waals surface area contributed by atoms with E-state index in [0.29, 0.717) is 5.92 Å². The van der Waals surface area contributed by atoms with Gasteiger partial charge in [-0.3, -0.25) is 4.99 Å². The molecule has 0 bridgehead atoms. The quantitative estimate of drug-likeness (QED) is 0.756. The Morgan fingerprint density at radius 2 is 1.74 bits per heavy atom. The Morgan fingerprint density at radius 1 is 1.00 bits per heavy atom. The number of hydrogen-bond donors (Lipinski definition) is 0. The Kier molecular flexibility index (Phi) is 3.20. The highest BCUT2D eigenvalue weighted by atomic mass is 14.8. The lowest BCUT2D eigenvalue weighted by atomic mass is 9.99. The first-order valence-corrected chi connectivity index (χ1v) is 6.97. The molecule has 96 valence electrons. The van der Waals surface area contributed by atoms with E-state index < -0.39 is 0 Å². The summed E-state index contributed by atoms with van der Waals surface area (Å²) in [5.41, 5.74) is 6.32. The van der Waals surface area contributed by atoms with Crippen LogP contribution in [0.3, 0.4) is 0 Å². The second-order valence-corrected chi connectivity index (χ2v) is 5.66. The molecule has 0 N–H and O–H groups in total. The lowest BCUT2D eigenvalue weighted by Crippen LogP contribution is -2.01. The normalized spacial score (nSPS) is 13.5. The maximum Gasteiger partial charge on any atom is 0.0669 e. The van der Waals surface area contributed by atoms with Gasteiger partial charge in [0.05, 0.1) is 11.4 Å². The van der Waals surface area contributed by atoms with Crippen LogP contribution in [0.15, 0.2) is 53.5 Å². The highest BCUT2D eigenvalue weighted by Gasteiger charge is 2.15. The number of fused-ring (bicyclic) bond motifs is 1. The summed E-state index contributed by atoms with van der Waals surface area (Å²) in [6, 6.07) is 17.3. The second kappa shape index (κ2) is 5.00. The number of rotatable bonds is 3. The Morgan fingerprint density at radius 3 is 2.42 bits per heavy atom. The van der Waals surface area contributed by atoms with E-state index in [4.69, 9.17) is 4.99 Å². The molecular weight excluding hydrogens is 230 g/mol. The van der Waals surface area contributed by atoms with Gasteiger partial charge in [0.1, 0.15) is 0 Å². The second-order valence-electron chi connectivity index (χ2n) is 5.66. The summed E-state index contributed by atoms with van der Waals surface area (Å²) >= 11 is 0. The first-order valence-electron chi connectivity index (χ1n) is 6.97. The third-order valence-electron chi connectivity index (χ3n) is 3.54. The molecule has 1 heterocycles. The van der Waals surface area contributed by atoms with Crippen LogP contribution < -0.4 is 0 Å². The molecule has 3 rings (SSSR count). The monoisotopic (exact) mass is 249 g/mol. The third-order valence-corrected chi connectivity index (χ3v) is 3.54. The molecule has 0 saturated heterocycles. The average molecular weight is 249 g/mol. The summed E-state index contributed by atoms with van der Waals surface area (Å²) < 4.78 is 0. The minimum absolute atomic E-state index is 0.707. The van der Waals surface area contributed by atoms with Crippen LogP contribution in [0.25, 0.3) is 0 Å². The number of nitrogens with zero attached hydrogens (tertiary/aromatic N) is 1. The summed E-state index contributed by atoms with van der Waals surface area (Å²) in [4.78, 5) is 4.73. The maximum absolute atomic E-state index is 4.73. The van der Waals surface area contributed by atoms with Crippen LogP contribution in [-0.4, -0.2) is 5.71 Å². The fourth-order valence-corrected chi connectivity index (χ4v) is 2.61. The molecule has 0 aliphatic carbocycles. The van der Waals surface area contributed by atoms with Crippen LogP contribution in [0.2, 0.25) is 0 Å². The van der Waals surface area contributed by atoms with Gasteiger partial charge in [0.25, 0.3) is 0 Å². The Balaban J connectivity index is 1.82. The summed E-state index contributed by atoms with van der Waals surface area (Å²) in [6.07, 6.45) is 2.10. The molecule has 2 aromatic rings. The molecule has 2 aromatic carbocycles. The van der Waals surface area contributed by atoms with Crippen LogP contribution in [-0.2, 0) is 12.8 Å². The van der Waals surface area contributed by atoms with E-state index in [0.717, 1.165) is 18.5 Å². The maximum atomic E-state index is 4.73. The van der Waals surface area contributed by atoms with E-state index in [-0.39, 0.29) is 0 Å². The molecule has 0 fully saturated rings. The first kappa shape index (κ1) is 12.2. The average Bonchev–Trinajstić information content (AvgIpc) is 2.82. The van der Waals surface area contributed by atoms with Gasteiger partial charge in [0.15, 0.2) is 0 Å². The lowest BCUT2D eigenvalue weighted by Gasteiger charge is -2.06. The zero-order valence-corrected chi connectivity index (χ0v) is 11.6. The fourth-order valence-electron chi connectivity index (χ4n) is 2.61.